The molecule has 4 heteroatoms. The van der Waals surface area contributed by atoms with Crippen LogP contribution in [0.5, 0.6) is 0 Å². The predicted molar refractivity (Wildman–Crippen MR) is 60.7 cm³/mol. The summed E-state index contributed by atoms with van der Waals surface area (Å²) in [5.41, 5.74) is 3.49. The number of hydrogen-bond donors (Lipinski definition) is 2. The molecule has 0 spiro atoms. The Labute approximate surface area is 91.3 Å². The second kappa shape index (κ2) is 5.28. The highest BCUT2D eigenvalue weighted by Gasteiger charge is 2.09. The minimum absolute atomic E-state index is 0.248. The van der Waals surface area contributed by atoms with Crippen LogP contribution in [-0.4, -0.2) is 27.5 Å². The van der Waals surface area contributed by atoms with E-state index in [-0.39, 0.29) is 6.10 Å². The summed E-state index contributed by atoms with van der Waals surface area (Å²) < 4.78 is 1.89. The molecule has 0 radical (unpaired) electrons. The summed E-state index contributed by atoms with van der Waals surface area (Å²) in [5, 5.41) is 17.0. The maximum absolute atomic E-state index is 9.40. The Morgan fingerprint density at radius 1 is 1.47 bits per heavy atom. The summed E-state index contributed by atoms with van der Waals surface area (Å²) in [6.07, 6.45) is 0.542. The number of nitrogens with one attached hydrogen (secondary N) is 1. The van der Waals surface area contributed by atoms with Gasteiger partial charge in [0, 0.05) is 31.4 Å². The first kappa shape index (κ1) is 12.2. The zero-order valence-electron chi connectivity index (χ0n) is 10.0. The van der Waals surface area contributed by atoms with Gasteiger partial charge in [0.2, 0.25) is 0 Å². The normalized spacial score (nSPS) is 13.1. The van der Waals surface area contributed by atoms with Gasteiger partial charge in [0.25, 0.3) is 0 Å². The summed E-state index contributed by atoms with van der Waals surface area (Å²) in [6.45, 7) is 7.48. The van der Waals surface area contributed by atoms with Crippen molar-refractivity contribution in [3.63, 3.8) is 0 Å². The van der Waals surface area contributed by atoms with E-state index in [0.717, 1.165) is 18.7 Å². The third-order valence-corrected chi connectivity index (χ3v) is 2.81. The molecule has 1 heterocycles. The summed E-state index contributed by atoms with van der Waals surface area (Å²) in [6, 6.07) is 0. The van der Waals surface area contributed by atoms with Crippen LogP contribution in [0.2, 0.25) is 0 Å². The van der Waals surface area contributed by atoms with Gasteiger partial charge >= 0.3 is 0 Å². The first-order chi connectivity index (χ1) is 7.06. The van der Waals surface area contributed by atoms with Crippen LogP contribution < -0.4 is 5.32 Å². The van der Waals surface area contributed by atoms with Gasteiger partial charge in [-0.25, -0.2) is 0 Å². The van der Waals surface area contributed by atoms with E-state index < -0.39 is 0 Å². The van der Waals surface area contributed by atoms with Gasteiger partial charge in [-0.3, -0.25) is 4.68 Å². The van der Waals surface area contributed by atoms with Crippen LogP contribution in [0.4, 0.5) is 0 Å². The van der Waals surface area contributed by atoms with Crippen molar-refractivity contribution in [3.05, 3.63) is 17.0 Å². The molecule has 0 amide bonds. The van der Waals surface area contributed by atoms with Crippen molar-refractivity contribution in [2.45, 2.75) is 39.8 Å². The van der Waals surface area contributed by atoms with Crippen LogP contribution >= 0.6 is 0 Å². The number of aliphatic hydroxyl groups is 1. The molecule has 1 aromatic heterocycles. The fraction of sp³-hybridized carbons (Fsp3) is 0.727. The molecule has 0 fully saturated rings. The third-order valence-electron chi connectivity index (χ3n) is 2.81. The molecule has 0 saturated carbocycles. The Balaban J connectivity index is 2.50. The Morgan fingerprint density at radius 3 is 2.60 bits per heavy atom. The van der Waals surface area contributed by atoms with Crippen LogP contribution in [0.1, 0.15) is 30.3 Å². The number of aryl methyl sites for hydroxylation is 2. The monoisotopic (exact) mass is 211 g/mol. The lowest BCUT2D eigenvalue weighted by atomic mass is 10.2. The average Bonchev–Trinajstić information content (AvgIpc) is 2.44. The Morgan fingerprint density at radius 2 is 2.13 bits per heavy atom. The predicted octanol–water partition coefficient (Wildman–Crippen LogP) is 0.897. The summed E-state index contributed by atoms with van der Waals surface area (Å²) in [4.78, 5) is 0. The smallest absolute Gasteiger partial charge is 0.0662 e. The number of rotatable bonds is 5. The molecule has 86 valence electrons. The fourth-order valence-electron chi connectivity index (χ4n) is 1.58. The van der Waals surface area contributed by atoms with E-state index in [1.165, 1.54) is 11.3 Å². The van der Waals surface area contributed by atoms with E-state index in [2.05, 4.69) is 17.3 Å². The van der Waals surface area contributed by atoms with Crippen molar-refractivity contribution < 1.29 is 5.11 Å². The molecule has 1 unspecified atom stereocenters. The van der Waals surface area contributed by atoms with Gasteiger partial charge in [0.1, 0.15) is 0 Å². The highest BCUT2D eigenvalue weighted by atomic mass is 16.3. The lowest BCUT2D eigenvalue weighted by Crippen LogP contribution is -2.26. The maximum Gasteiger partial charge on any atom is 0.0662 e. The molecule has 0 bridgehead atoms. The maximum atomic E-state index is 9.40. The van der Waals surface area contributed by atoms with Crippen LogP contribution in [0, 0.1) is 13.8 Å². The molecule has 1 aromatic rings. The molecule has 1 rings (SSSR count). The Kier molecular flexibility index (Phi) is 4.29. The number of aromatic nitrogens is 2. The second-order valence-electron chi connectivity index (χ2n) is 3.97. The van der Waals surface area contributed by atoms with E-state index >= 15 is 0 Å². The molecule has 0 aliphatic carbocycles. The van der Waals surface area contributed by atoms with Crippen molar-refractivity contribution >= 4 is 0 Å². The zero-order valence-corrected chi connectivity index (χ0v) is 10.0. The molecule has 0 saturated heterocycles. The third kappa shape index (κ3) is 3.04. The molecule has 0 aliphatic heterocycles. The molecule has 0 aliphatic rings. The van der Waals surface area contributed by atoms with Gasteiger partial charge < -0.3 is 10.4 Å². The van der Waals surface area contributed by atoms with Crippen LogP contribution in [-0.2, 0) is 13.6 Å². The standard InChI is InChI=1S/C11H21N3O/c1-5-10(15)6-12-7-11-8(2)13-14(4)9(11)3/h10,12,15H,5-7H2,1-4H3. The molecule has 1 atom stereocenters. The first-order valence-electron chi connectivity index (χ1n) is 5.44. The Hall–Kier alpha value is -0.870. The van der Waals surface area contributed by atoms with Gasteiger partial charge in [-0.2, -0.15) is 5.10 Å². The van der Waals surface area contributed by atoms with Crippen LogP contribution in [0.3, 0.4) is 0 Å². The molecule has 2 N–H and O–H groups in total. The Bertz CT molecular complexity index is 320. The topological polar surface area (TPSA) is 50.1 Å². The quantitative estimate of drug-likeness (QED) is 0.760. The zero-order chi connectivity index (χ0) is 11.4. The van der Waals surface area contributed by atoms with E-state index in [9.17, 15) is 5.11 Å². The molecule has 0 aromatic carbocycles. The average molecular weight is 211 g/mol. The van der Waals surface area contributed by atoms with E-state index in [0.29, 0.717) is 6.54 Å². The van der Waals surface area contributed by atoms with Gasteiger partial charge in [0.05, 0.1) is 11.8 Å². The molecule has 15 heavy (non-hydrogen) atoms. The van der Waals surface area contributed by atoms with E-state index in [4.69, 9.17) is 0 Å². The highest BCUT2D eigenvalue weighted by molar-refractivity contribution is 5.23. The van der Waals surface area contributed by atoms with Crippen molar-refractivity contribution in [1.82, 2.24) is 15.1 Å². The van der Waals surface area contributed by atoms with Gasteiger partial charge in [0.15, 0.2) is 0 Å². The van der Waals surface area contributed by atoms with Crippen molar-refractivity contribution in [3.8, 4) is 0 Å². The number of hydrogen-bond acceptors (Lipinski definition) is 3. The molecular formula is C11H21N3O. The van der Waals surface area contributed by atoms with Crippen molar-refractivity contribution in [1.29, 1.82) is 0 Å². The van der Waals surface area contributed by atoms with Crippen molar-refractivity contribution in [2.24, 2.45) is 7.05 Å². The summed E-state index contributed by atoms with van der Waals surface area (Å²) in [7, 11) is 1.95. The highest BCUT2D eigenvalue weighted by Crippen LogP contribution is 2.10. The first-order valence-corrected chi connectivity index (χ1v) is 5.44. The van der Waals surface area contributed by atoms with E-state index in [1.807, 2.05) is 25.6 Å². The van der Waals surface area contributed by atoms with E-state index in [1.54, 1.807) is 0 Å². The summed E-state index contributed by atoms with van der Waals surface area (Å²) >= 11 is 0. The lowest BCUT2D eigenvalue weighted by Gasteiger charge is -2.09. The molecular weight excluding hydrogens is 190 g/mol. The van der Waals surface area contributed by atoms with Gasteiger partial charge in [-0.15, -0.1) is 0 Å². The van der Waals surface area contributed by atoms with Gasteiger partial charge in [-0.1, -0.05) is 6.92 Å². The van der Waals surface area contributed by atoms with Crippen LogP contribution in [0.25, 0.3) is 0 Å². The number of nitrogens with zero attached hydrogens (tertiary/aromatic N) is 2. The number of aliphatic hydroxyl groups excluding tert-OH is 1. The van der Waals surface area contributed by atoms with Crippen LogP contribution in [0.15, 0.2) is 0 Å². The summed E-state index contributed by atoms with van der Waals surface area (Å²) in [5.74, 6) is 0. The largest absolute Gasteiger partial charge is 0.392 e. The minimum atomic E-state index is -0.248. The second-order valence-corrected chi connectivity index (χ2v) is 3.97. The minimum Gasteiger partial charge on any atom is -0.392 e. The SMILES string of the molecule is CCC(O)CNCc1c(C)nn(C)c1C. The lowest BCUT2D eigenvalue weighted by molar-refractivity contribution is 0.167. The fourth-order valence-corrected chi connectivity index (χ4v) is 1.58. The van der Waals surface area contributed by atoms with Crippen molar-refractivity contribution in [2.75, 3.05) is 6.54 Å². The molecule has 4 nitrogen and oxygen atoms in total. The van der Waals surface area contributed by atoms with Gasteiger partial charge in [-0.05, 0) is 20.3 Å².